The van der Waals surface area contributed by atoms with E-state index in [1.807, 2.05) is 13.8 Å². The molecule has 0 spiro atoms. The number of hydrogen-bond donors (Lipinski definition) is 1. The van der Waals surface area contributed by atoms with Crippen LogP contribution in [-0.2, 0) is 9.68 Å². The average Bonchev–Trinajstić information content (AvgIpc) is 1.91. The van der Waals surface area contributed by atoms with Crippen LogP contribution in [0.2, 0.25) is 0 Å². The highest BCUT2D eigenvalue weighted by Crippen LogP contribution is 2.05. The molecule has 1 fully saturated rings. The zero-order chi connectivity index (χ0) is 5.28. The van der Waals surface area contributed by atoms with E-state index in [4.69, 9.17) is 9.68 Å². The summed E-state index contributed by atoms with van der Waals surface area (Å²) in [5.74, 6) is 0. The lowest BCUT2D eigenvalue weighted by atomic mass is 10.3. The summed E-state index contributed by atoms with van der Waals surface area (Å²) < 4.78 is 0. The average molecular weight is 103 g/mol. The SMILES string of the molecule is CC1ONOC1C. The van der Waals surface area contributed by atoms with Crippen LogP contribution >= 0.6 is 0 Å². The van der Waals surface area contributed by atoms with Crippen LogP contribution in [0.25, 0.3) is 0 Å². The maximum absolute atomic E-state index is 4.79. The van der Waals surface area contributed by atoms with Crippen LogP contribution < -0.4 is 5.64 Å². The van der Waals surface area contributed by atoms with E-state index in [0.29, 0.717) is 0 Å². The maximum atomic E-state index is 4.79. The quantitative estimate of drug-likeness (QED) is 0.476. The third-order valence-corrected chi connectivity index (χ3v) is 1.13. The van der Waals surface area contributed by atoms with Crippen molar-refractivity contribution in [1.82, 2.24) is 5.64 Å². The van der Waals surface area contributed by atoms with Crippen molar-refractivity contribution in [2.75, 3.05) is 0 Å². The Kier molecular flexibility index (Phi) is 1.27. The molecule has 0 radical (unpaired) electrons. The Labute approximate surface area is 42.5 Å². The van der Waals surface area contributed by atoms with Gasteiger partial charge in [-0.25, -0.2) is 0 Å². The zero-order valence-corrected chi connectivity index (χ0v) is 4.47. The van der Waals surface area contributed by atoms with E-state index in [9.17, 15) is 0 Å². The summed E-state index contributed by atoms with van der Waals surface area (Å²) in [7, 11) is 0. The molecule has 3 heteroatoms. The summed E-state index contributed by atoms with van der Waals surface area (Å²) >= 11 is 0. The topological polar surface area (TPSA) is 30.5 Å². The lowest BCUT2D eigenvalue weighted by Crippen LogP contribution is -2.13. The molecule has 0 aliphatic carbocycles. The molecule has 0 aromatic rings. The van der Waals surface area contributed by atoms with Crippen LogP contribution in [0.4, 0.5) is 0 Å². The van der Waals surface area contributed by atoms with Gasteiger partial charge in [0.15, 0.2) is 0 Å². The van der Waals surface area contributed by atoms with Gasteiger partial charge in [0.05, 0.1) is 0 Å². The third kappa shape index (κ3) is 0.907. The minimum absolute atomic E-state index is 0.181. The molecule has 0 aromatic heterocycles. The Morgan fingerprint density at radius 3 is 1.71 bits per heavy atom. The fourth-order valence-electron chi connectivity index (χ4n) is 0.371. The number of rotatable bonds is 0. The lowest BCUT2D eigenvalue weighted by Gasteiger charge is -1.99. The van der Waals surface area contributed by atoms with E-state index in [-0.39, 0.29) is 12.2 Å². The highest BCUT2D eigenvalue weighted by molar-refractivity contribution is 4.59. The summed E-state index contributed by atoms with van der Waals surface area (Å²) in [6.07, 6.45) is 0.361. The van der Waals surface area contributed by atoms with Crippen molar-refractivity contribution >= 4 is 0 Å². The first-order valence-electron chi connectivity index (χ1n) is 2.37. The molecular weight excluding hydrogens is 94.0 g/mol. The van der Waals surface area contributed by atoms with Gasteiger partial charge in [0.2, 0.25) is 0 Å². The van der Waals surface area contributed by atoms with E-state index < -0.39 is 0 Å². The second-order valence-electron chi connectivity index (χ2n) is 1.73. The third-order valence-electron chi connectivity index (χ3n) is 1.13. The fourth-order valence-corrected chi connectivity index (χ4v) is 0.371. The molecule has 7 heavy (non-hydrogen) atoms. The second-order valence-corrected chi connectivity index (χ2v) is 1.73. The molecule has 1 heterocycles. The van der Waals surface area contributed by atoms with Crippen LogP contribution in [-0.4, -0.2) is 12.2 Å². The Morgan fingerprint density at radius 1 is 1.14 bits per heavy atom. The molecular formula is C4H9NO2. The summed E-state index contributed by atoms with van der Waals surface area (Å²) in [5.41, 5.74) is 2.32. The van der Waals surface area contributed by atoms with Crippen molar-refractivity contribution in [2.45, 2.75) is 26.1 Å². The van der Waals surface area contributed by atoms with Gasteiger partial charge in [-0.2, -0.15) is 0 Å². The van der Waals surface area contributed by atoms with Crippen molar-refractivity contribution in [1.29, 1.82) is 0 Å². The summed E-state index contributed by atoms with van der Waals surface area (Å²) in [5, 5.41) is 0. The molecule has 2 atom stereocenters. The first-order valence-corrected chi connectivity index (χ1v) is 2.37. The number of hydrogen-bond acceptors (Lipinski definition) is 3. The van der Waals surface area contributed by atoms with Gasteiger partial charge >= 0.3 is 0 Å². The molecule has 1 saturated heterocycles. The fraction of sp³-hybridized carbons (Fsp3) is 1.00. The molecule has 1 aliphatic rings. The van der Waals surface area contributed by atoms with Crippen molar-refractivity contribution in [3.05, 3.63) is 0 Å². The molecule has 1 rings (SSSR count). The van der Waals surface area contributed by atoms with Crippen LogP contribution in [0.5, 0.6) is 0 Å². The Bertz CT molecular complexity index is 58.7. The standard InChI is InChI=1S/C4H9NO2/c1-3-4(2)7-5-6-3/h3-5H,1-2H3. The van der Waals surface area contributed by atoms with Gasteiger partial charge in [-0.05, 0) is 13.8 Å². The second kappa shape index (κ2) is 1.78. The summed E-state index contributed by atoms with van der Waals surface area (Å²) in [6.45, 7) is 3.90. The molecule has 0 aromatic carbocycles. The lowest BCUT2D eigenvalue weighted by molar-refractivity contribution is -0.0892. The van der Waals surface area contributed by atoms with E-state index >= 15 is 0 Å². The number of nitrogens with one attached hydrogen (secondary N) is 1. The summed E-state index contributed by atoms with van der Waals surface area (Å²) in [4.78, 5) is 9.59. The first kappa shape index (κ1) is 5.03. The van der Waals surface area contributed by atoms with Crippen molar-refractivity contribution < 1.29 is 9.68 Å². The van der Waals surface area contributed by atoms with Gasteiger partial charge in [-0.1, -0.05) is 5.64 Å². The molecule has 2 unspecified atom stereocenters. The molecule has 0 bridgehead atoms. The normalized spacial score (nSPS) is 42.0. The van der Waals surface area contributed by atoms with Crippen molar-refractivity contribution in [3.63, 3.8) is 0 Å². The smallest absolute Gasteiger partial charge is 0.107 e. The monoisotopic (exact) mass is 103 g/mol. The Balaban J connectivity index is 2.33. The van der Waals surface area contributed by atoms with Crippen molar-refractivity contribution in [2.24, 2.45) is 0 Å². The molecule has 1 aliphatic heterocycles. The molecule has 0 amide bonds. The largest absolute Gasteiger partial charge is 0.271 e. The van der Waals surface area contributed by atoms with Gasteiger partial charge in [-0.3, -0.25) is 9.68 Å². The predicted molar refractivity (Wildman–Crippen MR) is 24.2 cm³/mol. The predicted octanol–water partition coefficient (Wildman–Crippen LogP) is 0.230. The molecule has 3 nitrogen and oxygen atoms in total. The van der Waals surface area contributed by atoms with Crippen LogP contribution in [0, 0.1) is 0 Å². The minimum Gasteiger partial charge on any atom is -0.271 e. The molecule has 42 valence electrons. The molecule has 0 saturated carbocycles. The van der Waals surface area contributed by atoms with Gasteiger partial charge < -0.3 is 0 Å². The van der Waals surface area contributed by atoms with Gasteiger partial charge in [-0.15, -0.1) is 0 Å². The molecule has 1 N–H and O–H groups in total. The Hall–Kier alpha value is -0.120. The maximum Gasteiger partial charge on any atom is 0.107 e. The van der Waals surface area contributed by atoms with E-state index in [1.54, 1.807) is 0 Å². The van der Waals surface area contributed by atoms with E-state index in [0.717, 1.165) is 0 Å². The summed E-state index contributed by atoms with van der Waals surface area (Å²) in [6, 6.07) is 0. The van der Waals surface area contributed by atoms with Crippen LogP contribution in [0.1, 0.15) is 13.8 Å². The Morgan fingerprint density at radius 2 is 1.57 bits per heavy atom. The van der Waals surface area contributed by atoms with E-state index in [2.05, 4.69) is 5.64 Å². The van der Waals surface area contributed by atoms with E-state index in [1.165, 1.54) is 0 Å². The highest BCUT2D eigenvalue weighted by atomic mass is 16.9. The van der Waals surface area contributed by atoms with Crippen LogP contribution in [0.3, 0.4) is 0 Å². The zero-order valence-electron chi connectivity index (χ0n) is 4.47. The van der Waals surface area contributed by atoms with Gasteiger partial charge in [0, 0.05) is 0 Å². The minimum atomic E-state index is 0.181. The van der Waals surface area contributed by atoms with Crippen LogP contribution in [0.15, 0.2) is 0 Å². The first-order chi connectivity index (χ1) is 3.30. The van der Waals surface area contributed by atoms with Gasteiger partial charge in [0.25, 0.3) is 0 Å². The highest BCUT2D eigenvalue weighted by Gasteiger charge is 2.19. The van der Waals surface area contributed by atoms with Crippen molar-refractivity contribution in [3.8, 4) is 0 Å². The van der Waals surface area contributed by atoms with Gasteiger partial charge in [0.1, 0.15) is 12.2 Å².